The van der Waals surface area contributed by atoms with Gasteiger partial charge in [0.15, 0.2) is 0 Å². The first kappa shape index (κ1) is 13.2. The van der Waals surface area contributed by atoms with Crippen molar-refractivity contribution >= 4 is 17.6 Å². The Morgan fingerprint density at radius 2 is 2.39 bits per heavy atom. The van der Waals surface area contributed by atoms with Gasteiger partial charge in [0, 0.05) is 24.5 Å². The van der Waals surface area contributed by atoms with Gasteiger partial charge in [-0.05, 0) is 30.7 Å². The molecule has 0 N–H and O–H groups in total. The number of rotatable bonds is 3. The van der Waals surface area contributed by atoms with Gasteiger partial charge in [0.25, 0.3) is 0 Å². The highest BCUT2D eigenvalue weighted by Gasteiger charge is 2.18. The third-order valence-electron chi connectivity index (χ3n) is 3.23. The Morgan fingerprint density at radius 3 is 3.06 bits per heavy atom. The molecule has 3 nitrogen and oxygen atoms in total. The summed E-state index contributed by atoms with van der Waals surface area (Å²) >= 11 is 2.05. The van der Waals surface area contributed by atoms with Crippen LogP contribution in [0.4, 0.5) is 5.82 Å². The highest BCUT2D eigenvalue weighted by atomic mass is 32.2. The molecule has 1 aromatic rings. The third kappa shape index (κ3) is 3.39. The molecule has 1 aliphatic rings. The molecule has 0 spiro atoms. The molecule has 4 heteroatoms. The lowest BCUT2D eigenvalue weighted by Gasteiger charge is -2.25. The Balaban J connectivity index is 2.07. The van der Waals surface area contributed by atoms with Crippen LogP contribution in [0.1, 0.15) is 31.7 Å². The van der Waals surface area contributed by atoms with Crippen LogP contribution in [0.15, 0.2) is 18.3 Å². The number of hydrogen-bond acceptors (Lipinski definition) is 4. The zero-order chi connectivity index (χ0) is 12.8. The average molecular weight is 261 g/mol. The van der Waals surface area contributed by atoms with E-state index in [4.69, 9.17) is 5.26 Å². The smallest absolute Gasteiger partial charge is 0.128 e. The van der Waals surface area contributed by atoms with Crippen LogP contribution in [0, 0.1) is 11.3 Å². The summed E-state index contributed by atoms with van der Waals surface area (Å²) < 4.78 is 0. The Morgan fingerprint density at radius 1 is 1.50 bits per heavy atom. The van der Waals surface area contributed by atoms with Gasteiger partial charge in [-0.1, -0.05) is 13.3 Å². The molecular formula is C14H19N3S. The molecule has 1 saturated heterocycles. The molecule has 0 saturated carbocycles. The predicted octanol–water partition coefficient (Wildman–Crippen LogP) is 3.07. The summed E-state index contributed by atoms with van der Waals surface area (Å²) in [6.45, 7) is 4.39. The van der Waals surface area contributed by atoms with Crippen LogP contribution in [-0.2, 0) is 0 Å². The zero-order valence-electron chi connectivity index (χ0n) is 10.8. The van der Waals surface area contributed by atoms with Crippen molar-refractivity contribution in [2.75, 3.05) is 23.7 Å². The summed E-state index contributed by atoms with van der Waals surface area (Å²) in [7, 11) is 0. The normalized spacial score (nSPS) is 20.2. The molecule has 0 amide bonds. The number of hydrogen-bond donors (Lipinski definition) is 0. The standard InChI is InChI=1S/C14H19N3S/c1-2-18-13-5-3-4-8-17(11-13)14-7-6-12(9-15)10-16-14/h6-7,10,13H,2-5,8,11H2,1H3. The third-order valence-corrected chi connectivity index (χ3v) is 4.42. The first-order chi connectivity index (χ1) is 8.83. The van der Waals surface area contributed by atoms with E-state index in [1.54, 1.807) is 6.20 Å². The Kier molecular flexibility index (Phi) is 4.89. The maximum atomic E-state index is 8.79. The predicted molar refractivity (Wildman–Crippen MR) is 76.9 cm³/mol. The van der Waals surface area contributed by atoms with Crippen LogP contribution in [0.2, 0.25) is 0 Å². The fourth-order valence-electron chi connectivity index (χ4n) is 2.32. The van der Waals surface area contributed by atoms with Crippen molar-refractivity contribution in [2.24, 2.45) is 0 Å². The second kappa shape index (κ2) is 6.65. The quantitative estimate of drug-likeness (QED) is 0.838. The summed E-state index contributed by atoms with van der Waals surface area (Å²) in [5.74, 6) is 2.19. The fourth-order valence-corrected chi connectivity index (χ4v) is 3.41. The number of anilines is 1. The van der Waals surface area contributed by atoms with E-state index < -0.39 is 0 Å². The van der Waals surface area contributed by atoms with Crippen molar-refractivity contribution in [1.29, 1.82) is 5.26 Å². The first-order valence-electron chi connectivity index (χ1n) is 6.56. The van der Waals surface area contributed by atoms with E-state index in [0.717, 1.165) is 24.2 Å². The minimum absolute atomic E-state index is 0.632. The van der Waals surface area contributed by atoms with Crippen LogP contribution in [0.3, 0.4) is 0 Å². The van der Waals surface area contributed by atoms with Crippen molar-refractivity contribution in [3.63, 3.8) is 0 Å². The Hall–Kier alpha value is -1.21. The Bertz CT molecular complexity index is 410. The number of thioether (sulfide) groups is 1. The van der Waals surface area contributed by atoms with Crippen LogP contribution in [0.25, 0.3) is 0 Å². The fraction of sp³-hybridized carbons (Fsp3) is 0.571. The first-order valence-corrected chi connectivity index (χ1v) is 7.61. The molecule has 1 aliphatic heterocycles. The van der Waals surface area contributed by atoms with E-state index in [-0.39, 0.29) is 0 Å². The highest BCUT2D eigenvalue weighted by molar-refractivity contribution is 7.99. The van der Waals surface area contributed by atoms with E-state index >= 15 is 0 Å². The summed E-state index contributed by atoms with van der Waals surface area (Å²) in [6.07, 6.45) is 5.53. The van der Waals surface area contributed by atoms with Crippen molar-refractivity contribution < 1.29 is 0 Å². The number of pyridine rings is 1. The van der Waals surface area contributed by atoms with Gasteiger partial charge in [-0.25, -0.2) is 4.98 Å². The SMILES string of the molecule is CCSC1CCCCN(c2ccc(C#N)cn2)C1. The molecule has 0 radical (unpaired) electrons. The van der Waals surface area contributed by atoms with E-state index in [1.807, 2.05) is 23.9 Å². The molecule has 1 unspecified atom stereocenters. The molecule has 2 heterocycles. The zero-order valence-corrected chi connectivity index (χ0v) is 11.6. The molecule has 18 heavy (non-hydrogen) atoms. The summed E-state index contributed by atoms with van der Waals surface area (Å²) in [6, 6.07) is 5.94. The van der Waals surface area contributed by atoms with Gasteiger partial charge in [-0.15, -0.1) is 0 Å². The van der Waals surface area contributed by atoms with Crippen molar-refractivity contribution in [3.8, 4) is 6.07 Å². The van der Waals surface area contributed by atoms with Gasteiger partial charge in [0.1, 0.15) is 11.9 Å². The molecular weight excluding hydrogens is 242 g/mol. The van der Waals surface area contributed by atoms with E-state index in [2.05, 4.69) is 22.9 Å². The van der Waals surface area contributed by atoms with Crippen LogP contribution in [-0.4, -0.2) is 29.1 Å². The van der Waals surface area contributed by atoms with Crippen LogP contribution >= 0.6 is 11.8 Å². The van der Waals surface area contributed by atoms with Gasteiger partial charge in [-0.3, -0.25) is 0 Å². The Labute approximate surface area is 113 Å². The van der Waals surface area contributed by atoms with Gasteiger partial charge >= 0.3 is 0 Å². The lowest BCUT2D eigenvalue weighted by atomic mass is 10.2. The lowest BCUT2D eigenvalue weighted by Crippen LogP contribution is -2.30. The van der Waals surface area contributed by atoms with E-state index in [9.17, 15) is 0 Å². The number of nitriles is 1. The van der Waals surface area contributed by atoms with Crippen molar-refractivity contribution in [2.45, 2.75) is 31.4 Å². The van der Waals surface area contributed by atoms with Crippen molar-refractivity contribution in [1.82, 2.24) is 4.98 Å². The van der Waals surface area contributed by atoms with Gasteiger partial charge in [0.05, 0.1) is 5.56 Å². The minimum atomic E-state index is 0.632. The maximum absolute atomic E-state index is 8.79. The molecule has 1 fully saturated rings. The van der Waals surface area contributed by atoms with Crippen LogP contribution in [0.5, 0.6) is 0 Å². The summed E-state index contributed by atoms with van der Waals surface area (Å²) in [4.78, 5) is 6.77. The molecule has 96 valence electrons. The summed E-state index contributed by atoms with van der Waals surface area (Å²) in [5.41, 5.74) is 0.632. The average Bonchev–Trinajstić information content (AvgIpc) is 2.65. The molecule has 0 aliphatic carbocycles. The van der Waals surface area contributed by atoms with Gasteiger partial charge in [0.2, 0.25) is 0 Å². The summed E-state index contributed by atoms with van der Waals surface area (Å²) in [5, 5.41) is 9.51. The molecule has 0 bridgehead atoms. The second-order valence-corrected chi connectivity index (χ2v) is 6.11. The van der Waals surface area contributed by atoms with E-state index in [0.29, 0.717) is 5.56 Å². The van der Waals surface area contributed by atoms with Gasteiger partial charge in [-0.2, -0.15) is 17.0 Å². The molecule has 0 aromatic carbocycles. The maximum Gasteiger partial charge on any atom is 0.128 e. The van der Waals surface area contributed by atoms with Crippen molar-refractivity contribution in [3.05, 3.63) is 23.9 Å². The monoisotopic (exact) mass is 261 g/mol. The molecule has 1 aromatic heterocycles. The lowest BCUT2D eigenvalue weighted by molar-refractivity contribution is 0.735. The van der Waals surface area contributed by atoms with Crippen LogP contribution < -0.4 is 4.90 Å². The highest BCUT2D eigenvalue weighted by Crippen LogP contribution is 2.24. The minimum Gasteiger partial charge on any atom is -0.356 e. The second-order valence-electron chi connectivity index (χ2n) is 4.54. The molecule has 2 rings (SSSR count). The largest absolute Gasteiger partial charge is 0.356 e. The number of nitrogens with zero attached hydrogens (tertiary/aromatic N) is 3. The van der Waals surface area contributed by atoms with Gasteiger partial charge < -0.3 is 4.90 Å². The topological polar surface area (TPSA) is 39.9 Å². The molecule has 1 atom stereocenters. The van der Waals surface area contributed by atoms with E-state index in [1.165, 1.54) is 25.0 Å². The number of aromatic nitrogens is 1.